The normalized spacial score (nSPS) is 21.3. The molecule has 2 atom stereocenters. The van der Waals surface area contributed by atoms with Crippen LogP contribution in [0.25, 0.3) is 10.8 Å². The van der Waals surface area contributed by atoms with E-state index < -0.39 is 6.17 Å². The molecule has 9 heteroatoms. The summed E-state index contributed by atoms with van der Waals surface area (Å²) in [5, 5.41) is 8.03. The summed E-state index contributed by atoms with van der Waals surface area (Å²) >= 11 is 0. The predicted octanol–water partition coefficient (Wildman–Crippen LogP) is 1.26. The van der Waals surface area contributed by atoms with E-state index in [9.17, 15) is 9.59 Å². The Kier molecular flexibility index (Phi) is 4.74. The number of hydrogen-bond acceptors (Lipinski definition) is 6. The number of ether oxygens (including phenoxy) is 1. The van der Waals surface area contributed by atoms with Crippen molar-refractivity contribution in [2.75, 3.05) is 25.5 Å². The zero-order valence-corrected chi connectivity index (χ0v) is 15.5. The van der Waals surface area contributed by atoms with Gasteiger partial charge in [-0.2, -0.15) is 0 Å². The number of fused-ring (bicyclic) bond motifs is 1. The van der Waals surface area contributed by atoms with Gasteiger partial charge in [0.15, 0.2) is 0 Å². The number of hydrogen-bond donors (Lipinski definition) is 4. The lowest BCUT2D eigenvalue weighted by molar-refractivity contribution is -0.125. The lowest BCUT2D eigenvalue weighted by Crippen LogP contribution is -2.30. The van der Waals surface area contributed by atoms with E-state index in [2.05, 4.69) is 28.1 Å². The molecule has 1 aromatic heterocycles. The molecule has 9 nitrogen and oxygen atoms in total. The number of carbonyl (C=O) groups is 2. The van der Waals surface area contributed by atoms with Gasteiger partial charge in [-0.15, -0.1) is 0 Å². The van der Waals surface area contributed by atoms with Crippen LogP contribution < -0.4 is 26.2 Å². The van der Waals surface area contributed by atoms with Crippen LogP contribution in [-0.4, -0.2) is 48.1 Å². The molecular weight excluding hydrogens is 360 g/mol. The fourth-order valence-electron chi connectivity index (χ4n) is 3.61. The van der Waals surface area contributed by atoms with Gasteiger partial charge in [0, 0.05) is 19.1 Å². The minimum absolute atomic E-state index is 0.0593. The lowest BCUT2D eigenvalue weighted by atomic mass is 10.1. The van der Waals surface area contributed by atoms with Crippen LogP contribution in [0, 0.1) is 0 Å². The average Bonchev–Trinajstić information content (AvgIpc) is 3.35. The molecule has 0 aliphatic carbocycles. The van der Waals surface area contributed by atoms with Crippen molar-refractivity contribution in [3.63, 3.8) is 0 Å². The minimum atomic E-state index is -0.439. The van der Waals surface area contributed by atoms with E-state index in [1.165, 1.54) is 6.08 Å². The number of anilines is 1. The number of rotatable bonds is 5. The van der Waals surface area contributed by atoms with Gasteiger partial charge < -0.3 is 20.3 Å². The van der Waals surface area contributed by atoms with Gasteiger partial charge in [0.25, 0.3) is 0 Å². The average molecular weight is 382 g/mol. The monoisotopic (exact) mass is 382 g/mol. The molecule has 4 N–H and O–H groups in total. The van der Waals surface area contributed by atoms with Crippen LogP contribution in [0.3, 0.4) is 0 Å². The van der Waals surface area contributed by atoms with E-state index in [-0.39, 0.29) is 18.0 Å². The standard InChI is InChI=1S/C19H22N6O3/c1-3-15(26)25-8-7-12(10-25)20-18-16-11(5-4-6-14(16)28-2)9-13(21-18)17-22-19(27)24-23-17/h3-6,9,12,17,23H,1,7-8,10H2,2H3,(H,20,21)(H2,22,24,27)/t12-,17?/m0/s1. The summed E-state index contributed by atoms with van der Waals surface area (Å²) in [5.41, 5.74) is 6.05. The Morgan fingerprint density at radius 1 is 1.46 bits per heavy atom. The Hall–Kier alpha value is -3.33. The molecule has 1 unspecified atom stereocenters. The van der Waals surface area contributed by atoms with Crippen molar-refractivity contribution < 1.29 is 14.3 Å². The lowest BCUT2D eigenvalue weighted by Gasteiger charge is -2.20. The summed E-state index contributed by atoms with van der Waals surface area (Å²) in [6.07, 6.45) is 1.70. The van der Waals surface area contributed by atoms with Gasteiger partial charge in [0.1, 0.15) is 17.7 Å². The number of nitrogens with one attached hydrogen (secondary N) is 4. The van der Waals surface area contributed by atoms with Gasteiger partial charge in [-0.25, -0.2) is 15.2 Å². The molecule has 2 aromatic rings. The third-order valence-electron chi connectivity index (χ3n) is 4.98. The first-order chi connectivity index (χ1) is 13.6. The Labute approximate surface area is 162 Å². The largest absolute Gasteiger partial charge is 0.496 e. The second-order valence-corrected chi connectivity index (χ2v) is 6.75. The predicted molar refractivity (Wildman–Crippen MR) is 105 cm³/mol. The van der Waals surface area contributed by atoms with Gasteiger partial charge in [0.05, 0.1) is 18.2 Å². The Balaban J connectivity index is 1.69. The van der Waals surface area contributed by atoms with Crippen molar-refractivity contribution in [2.24, 2.45) is 0 Å². The van der Waals surface area contributed by atoms with E-state index in [4.69, 9.17) is 9.72 Å². The molecule has 0 radical (unpaired) electrons. The van der Waals surface area contributed by atoms with Crippen LogP contribution in [0.4, 0.5) is 10.6 Å². The maximum Gasteiger partial charge on any atom is 0.330 e. The van der Waals surface area contributed by atoms with Crippen molar-refractivity contribution in [2.45, 2.75) is 18.6 Å². The van der Waals surface area contributed by atoms with Crippen molar-refractivity contribution in [3.8, 4) is 5.75 Å². The number of likely N-dealkylation sites (tertiary alicyclic amines) is 1. The van der Waals surface area contributed by atoms with Crippen molar-refractivity contribution in [1.29, 1.82) is 0 Å². The number of carbonyl (C=O) groups excluding carboxylic acids is 2. The van der Waals surface area contributed by atoms with Crippen molar-refractivity contribution in [1.82, 2.24) is 26.1 Å². The zero-order valence-electron chi connectivity index (χ0n) is 15.5. The van der Waals surface area contributed by atoms with E-state index in [0.717, 1.165) is 17.2 Å². The summed E-state index contributed by atoms with van der Waals surface area (Å²) in [5.74, 6) is 1.29. The van der Waals surface area contributed by atoms with Gasteiger partial charge in [0.2, 0.25) is 5.91 Å². The number of urea groups is 1. The topological polar surface area (TPSA) is 108 Å². The molecule has 4 rings (SSSR count). The third-order valence-corrected chi connectivity index (χ3v) is 4.98. The molecule has 2 aliphatic rings. The highest BCUT2D eigenvalue weighted by Gasteiger charge is 2.28. The number of aromatic nitrogens is 1. The second kappa shape index (κ2) is 7.35. The first-order valence-corrected chi connectivity index (χ1v) is 9.06. The number of methoxy groups -OCH3 is 1. The molecule has 2 saturated heterocycles. The smallest absolute Gasteiger partial charge is 0.330 e. The molecule has 146 valence electrons. The Morgan fingerprint density at radius 3 is 3.04 bits per heavy atom. The van der Waals surface area contributed by atoms with Crippen LogP contribution in [0.1, 0.15) is 18.3 Å². The number of hydrazine groups is 1. The van der Waals surface area contributed by atoms with E-state index in [1.807, 2.05) is 24.3 Å². The number of amides is 3. The molecule has 0 saturated carbocycles. The van der Waals surface area contributed by atoms with E-state index in [0.29, 0.717) is 30.4 Å². The second-order valence-electron chi connectivity index (χ2n) is 6.75. The van der Waals surface area contributed by atoms with Crippen LogP contribution in [0.5, 0.6) is 5.75 Å². The van der Waals surface area contributed by atoms with Crippen LogP contribution in [0.15, 0.2) is 36.9 Å². The number of benzene rings is 1. The quantitative estimate of drug-likeness (QED) is 0.580. The van der Waals surface area contributed by atoms with Crippen LogP contribution in [0.2, 0.25) is 0 Å². The maximum atomic E-state index is 11.9. The molecule has 2 fully saturated rings. The van der Waals surface area contributed by atoms with Crippen LogP contribution >= 0.6 is 0 Å². The fourth-order valence-corrected chi connectivity index (χ4v) is 3.61. The van der Waals surface area contributed by atoms with E-state index >= 15 is 0 Å². The maximum absolute atomic E-state index is 11.9. The number of pyridine rings is 1. The fraction of sp³-hybridized carbons (Fsp3) is 0.316. The molecule has 28 heavy (non-hydrogen) atoms. The van der Waals surface area contributed by atoms with Crippen LogP contribution in [-0.2, 0) is 4.79 Å². The molecule has 3 amide bonds. The van der Waals surface area contributed by atoms with Crippen molar-refractivity contribution in [3.05, 3.63) is 42.6 Å². The van der Waals surface area contributed by atoms with Crippen molar-refractivity contribution >= 4 is 28.5 Å². The van der Waals surface area contributed by atoms with Gasteiger partial charge in [-0.1, -0.05) is 18.7 Å². The van der Waals surface area contributed by atoms with E-state index in [1.54, 1.807) is 12.0 Å². The summed E-state index contributed by atoms with van der Waals surface area (Å²) in [7, 11) is 1.62. The van der Waals surface area contributed by atoms with Gasteiger partial charge >= 0.3 is 6.03 Å². The molecule has 0 bridgehead atoms. The third kappa shape index (κ3) is 3.31. The summed E-state index contributed by atoms with van der Waals surface area (Å²) in [6, 6.07) is 7.43. The van der Waals surface area contributed by atoms with Gasteiger partial charge in [-0.3, -0.25) is 10.2 Å². The Bertz CT molecular complexity index is 947. The molecular formula is C19H22N6O3. The minimum Gasteiger partial charge on any atom is -0.496 e. The SMILES string of the molecule is C=CC(=O)N1CC[C@H](Nc2nc(C3NNC(=O)N3)cc3cccc(OC)c23)C1. The Morgan fingerprint density at radius 2 is 2.32 bits per heavy atom. The first-order valence-electron chi connectivity index (χ1n) is 9.06. The van der Waals surface area contributed by atoms with Gasteiger partial charge in [-0.05, 0) is 30.0 Å². The zero-order chi connectivity index (χ0) is 19.7. The highest BCUT2D eigenvalue weighted by Crippen LogP contribution is 2.33. The molecule has 3 heterocycles. The summed E-state index contributed by atoms with van der Waals surface area (Å²) < 4.78 is 5.54. The first kappa shape index (κ1) is 18.1. The highest BCUT2D eigenvalue weighted by atomic mass is 16.5. The number of nitrogens with zero attached hydrogens (tertiary/aromatic N) is 2. The summed E-state index contributed by atoms with van der Waals surface area (Å²) in [6.45, 7) is 4.80. The molecule has 1 aromatic carbocycles. The molecule has 2 aliphatic heterocycles. The summed E-state index contributed by atoms with van der Waals surface area (Å²) in [4.78, 5) is 29.9. The molecule has 0 spiro atoms. The highest BCUT2D eigenvalue weighted by molar-refractivity contribution is 5.97.